The molecule has 0 amide bonds. The lowest BCUT2D eigenvalue weighted by atomic mass is 10.0. The van der Waals surface area contributed by atoms with E-state index in [0.29, 0.717) is 0 Å². The maximum Gasteiger partial charge on any atom is 0.243 e. The first-order chi connectivity index (χ1) is 10.5. The number of halogens is 1. The predicted octanol–water partition coefficient (Wildman–Crippen LogP) is 2.57. The molecule has 2 aromatic carbocycles. The quantitative estimate of drug-likeness (QED) is 0.889. The van der Waals surface area contributed by atoms with E-state index in [1.165, 1.54) is 29.6 Å². The fourth-order valence-corrected chi connectivity index (χ4v) is 3.72. The summed E-state index contributed by atoms with van der Waals surface area (Å²) in [4.78, 5) is -0.103. The van der Waals surface area contributed by atoms with Crippen LogP contribution < -0.4 is 0 Å². The molecule has 0 spiro atoms. The number of sulfonamides is 1. The van der Waals surface area contributed by atoms with Gasteiger partial charge >= 0.3 is 0 Å². The van der Waals surface area contributed by atoms with Crippen molar-refractivity contribution in [3.63, 3.8) is 0 Å². The normalized spacial score (nSPS) is 13.3. The number of hydrogen-bond donors (Lipinski definition) is 1. The second-order valence-electron chi connectivity index (χ2n) is 4.92. The van der Waals surface area contributed by atoms with Crippen LogP contribution in [0, 0.1) is 5.82 Å². The smallest absolute Gasteiger partial charge is 0.243 e. The van der Waals surface area contributed by atoms with Crippen LogP contribution in [-0.4, -0.2) is 31.5 Å². The second-order valence-corrected chi connectivity index (χ2v) is 6.91. The van der Waals surface area contributed by atoms with Crippen LogP contribution in [0.4, 0.5) is 4.39 Å². The molecule has 0 radical (unpaired) electrons. The van der Waals surface area contributed by atoms with E-state index < -0.39 is 21.9 Å². The number of hydrogen-bond acceptors (Lipinski definition) is 3. The third kappa shape index (κ3) is 3.52. The summed E-state index contributed by atoms with van der Waals surface area (Å²) < 4.78 is 39.8. The van der Waals surface area contributed by atoms with Crippen molar-refractivity contribution in [3.8, 4) is 0 Å². The van der Waals surface area contributed by atoms with E-state index in [1.807, 2.05) is 18.2 Å². The van der Waals surface area contributed by atoms with Crippen molar-refractivity contribution in [3.05, 3.63) is 66.0 Å². The summed E-state index contributed by atoms with van der Waals surface area (Å²) in [6, 6.07) is 13.4. The van der Waals surface area contributed by atoms with Crippen molar-refractivity contribution in [2.45, 2.75) is 17.4 Å². The third-order valence-electron chi connectivity index (χ3n) is 3.50. The molecule has 1 atom stereocenters. The number of nitrogens with zero attached hydrogens (tertiary/aromatic N) is 1. The molecule has 1 N–H and O–H groups in total. The lowest BCUT2D eigenvalue weighted by Crippen LogP contribution is -2.32. The van der Waals surface area contributed by atoms with Crippen LogP contribution in [0.5, 0.6) is 0 Å². The van der Waals surface area contributed by atoms with Gasteiger partial charge in [0.1, 0.15) is 5.82 Å². The summed E-state index contributed by atoms with van der Waals surface area (Å²) in [6.07, 6.45) is 0.259. The van der Waals surface area contributed by atoms with E-state index in [1.54, 1.807) is 12.1 Å². The standard InChI is InChI=1S/C16H18FNO3S/c1-18(16(10-11-19)13-6-3-2-4-7-13)22(20,21)15-9-5-8-14(17)12-15/h2-9,12,16,19H,10-11H2,1H3. The molecule has 0 heterocycles. The summed E-state index contributed by atoms with van der Waals surface area (Å²) in [5.41, 5.74) is 0.777. The Balaban J connectivity index is 2.40. The molecule has 0 aliphatic heterocycles. The Kier molecular flexibility index (Phi) is 5.28. The van der Waals surface area contributed by atoms with Gasteiger partial charge in [-0.25, -0.2) is 12.8 Å². The van der Waals surface area contributed by atoms with Gasteiger partial charge in [-0.15, -0.1) is 0 Å². The predicted molar refractivity (Wildman–Crippen MR) is 82.2 cm³/mol. The first kappa shape index (κ1) is 16.6. The molecule has 0 saturated carbocycles. The molecule has 2 rings (SSSR count). The number of rotatable bonds is 6. The van der Waals surface area contributed by atoms with Crippen molar-refractivity contribution in [1.82, 2.24) is 4.31 Å². The molecule has 1 unspecified atom stereocenters. The maximum absolute atomic E-state index is 13.3. The molecular formula is C16H18FNO3S. The molecule has 0 bridgehead atoms. The number of benzene rings is 2. The van der Waals surface area contributed by atoms with Crippen LogP contribution in [0.15, 0.2) is 59.5 Å². The zero-order chi connectivity index (χ0) is 16.2. The largest absolute Gasteiger partial charge is 0.396 e. The van der Waals surface area contributed by atoms with Crippen molar-refractivity contribution in [2.75, 3.05) is 13.7 Å². The van der Waals surface area contributed by atoms with Gasteiger partial charge in [-0.05, 0) is 30.2 Å². The summed E-state index contributed by atoms with van der Waals surface area (Å²) in [5, 5.41) is 9.25. The molecule has 0 aliphatic carbocycles. The third-order valence-corrected chi connectivity index (χ3v) is 5.36. The molecule has 2 aromatic rings. The van der Waals surface area contributed by atoms with Crippen LogP contribution in [-0.2, 0) is 10.0 Å². The number of aliphatic hydroxyl groups is 1. The zero-order valence-corrected chi connectivity index (χ0v) is 13.0. The topological polar surface area (TPSA) is 57.6 Å². The summed E-state index contributed by atoms with van der Waals surface area (Å²) >= 11 is 0. The molecule has 4 nitrogen and oxygen atoms in total. The monoisotopic (exact) mass is 323 g/mol. The molecule has 118 valence electrons. The minimum absolute atomic E-state index is 0.103. The Morgan fingerprint density at radius 2 is 1.82 bits per heavy atom. The maximum atomic E-state index is 13.3. The van der Waals surface area contributed by atoms with Crippen LogP contribution in [0.25, 0.3) is 0 Å². The summed E-state index contributed by atoms with van der Waals surface area (Å²) in [5.74, 6) is -0.604. The highest BCUT2D eigenvalue weighted by atomic mass is 32.2. The van der Waals surface area contributed by atoms with E-state index in [0.717, 1.165) is 11.6 Å². The first-order valence-electron chi connectivity index (χ1n) is 6.86. The molecule has 22 heavy (non-hydrogen) atoms. The van der Waals surface area contributed by atoms with Gasteiger partial charge < -0.3 is 5.11 Å². The fraction of sp³-hybridized carbons (Fsp3) is 0.250. The van der Waals surface area contributed by atoms with Gasteiger partial charge in [-0.3, -0.25) is 0 Å². The fourth-order valence-electron chi connectivity index (χ4n) is 2.32. The van der Waals surface area contributed by atoms with E-state index in [9.17, 15) is 17.9 Å². The van der Waals surface area contributed by atoms with Crippen molar-refractivity contribution in [1.29, 1.82) is 0 Å². The van der Waals surface area contributed by atoms with E-state index in [4.69, 9.17) is 0 Å². The average Bonchev–Trinajstić information content (AvgIpc) is 2.53. The van der Waals surface area contributed by atoms with Crippen molar-refractivity contribution >= 4 is 10.0 Å². The summed E-state index contributed by atoms with van der Waals surface area (Å²) in [6.45, 7) is -0.150. The van der Waals surface area contributed by atoms with E-state index >= 15 is 0 Å². The Morgan fingerprint density at radius 1 is 1.14 bits per heavy atom. The van der Waals surface area contributed by atoms with Gasteiger partial charge in [0.2, 0.25) is 10.0 Å². The molecular weight excluding hydrogens is 305 g/mol. The highest BCUT2D eigenvalue weighted by Gasteiger charge is 2.29. The lowest BCUT2D eigenvalue weighted by Gasteiger charge is -2.27. The number of aliphatic hydroxyl groups excluding tert-OH is 1. The Bertz CT molecular complexity index is 719. The van der Waals surface area contributed by atoms with E-state index in [-0.39, 0.29) is 17.9 Å². The van der Waals surface area contributed by atoms with Crippen LogP contribution in [0.2, 0.25) is 0 Å². The average molecular weight is 323 g/mol. The molecule has 6 heteroatoms. The molecule has 0 aromatic heterocycles. The van der Waals surface area contributed by atoms with Gasteiger partial charge in [-0.2, -0.15) is 4.31 Å². The molecule has 0 fully saturated rings. The van der Waals surface area contributed by atoms with Gasteiger partial charge in [-0.1, -0.05) is 36.4 Å². The molecule has 0 saturated heterocycles. The SMILES string of the molecule is CN(C(CCO)c1ccccc1)S(=O)(=O)c1cccc(F)c1. The van der Waals surface area contributed by atoms with Crippen LogP contribution in [0.1, 0.15) is 18.0 Å². The van der Waals surface area contributed by atoms with Crippen molar-refractivity contribution < 1.29 is 17.9 Å². The van der Waals surface area contributed by atoms with E-state index in [2.05, 4.69) is 0 Å². The highest BCUT2D eigenvalue weighted by molar-refractivity contribution is 7.89. The lowest BCUT2D eigenvalue weighted by molar-refractivity contribution is 0.240. The second kappa shape index (κ2) is 7.00. The van der Waals surface area contributed by atoms with Gasteiger partial charge in [0.15, 0.2) is 0 Å². The summed E-state index contributed by atoms with van der Waals surface area (Å²) in [7, 11) is -2.41. The minimum atomic E-state index is -3.85. The first-order valence-corrected chi connectivity index (χ1v) is 8.30. The van der Waals surface area contributed by atoms with Gasteiger partial charge in [0.05, 0.1) is 10.9 Å². The Labute approximate surface area is 129 Å². The zero-order valence-electron chi connectivity index (χ0n) is 12.2. The highest BCUT2D eigenvalue weighted by Crippen LogP contribution is 2.28. The van der Waals surface area contributed by atoms with Crippen LogP contribution >= 0.6 is 0 Å². The Morgan fingerprint density at radius 3 is 2.41 bits per heavy atom. The minimum Gasteiger partial charge on any atom is -0.396 e. The Hall–Kier alpha value is -1.76. The van der Waals surface area contributed by atoms with Crippen molar-refractivity contribution in [2.24, 2.45) is 0 Å². The van der Waals surface area contributed by atoms with Gasteiger partial charge in [0, 0.05) is 13.7 Å². The van der Waals surface area contributed by atoms with Gasteiger partial charge in [0.25, 0.3) is 0 Å². The molecule has 0 aliphatic rings. The van der Waals surface area contributed by atoms with Crippen LogP contribution in [0.3, 0.4) is 0 Å².